The number of aliphatic carboxylic acids is 1. The third kappa shape index (κ3) is 2.16. The van der Waals surface area contributed by atoms with Crippen LogP contribution in [0, 0.1) is 18.3 Å². The van der Waals surface area contributed by atoms with Crippen molar-refractivity contribution in [3.05, 3.63) is 23.9 Å². The number of carboxylic acids is 1. The predicted molar refractivity (Wildman–Crippen MR) is 93.8 cm³/mol. The van der Waals surface area contributed by atoms with Crippen LogP contribution in [0.1, 0.15) is 12.1 Å². The summed E-state index contributed by atoms with van der Waals surface area (Å²) in [6, 6.07) is 5.87. The molecule has 2 saturated heterocycles. The predicted octanol–water partition coefficient (Wildman–Crippen LogP) is 2.20. The Morgan fingerprint density at radius 3 is 2.88 bits per heavy atom. The van der Waals surface area contributed by atoms with Gasteiger partial charge in [0.05, 0.1) is 17.5 Å². The van der Waals surface area contributed by atoms with E-state index >= 15 is 0 Å². The molecular weight excluding hydrogens is 336 g/mol. The van der Waals surface area contributed by atoms with E-state index in [4.69, 9.17) is 14.2 Å². The Labute approximate surface area is 150 Å². The first kappa shape index (κ1) is 15.7. The first-order chi connectivity index (χ1) is 12.6. The summed E-state index contributed by atoms with van der Waals surface area (Å²) in [5.41, 5.74) is 1.99. The summed E-state index contributed by atoms with van der Waals surface area (Å²) in [6.07, 6.45) is 0.553. The molecule has 0 bridgehead atoms. The lowest BCUT2D eigenvalue weighted by molar-refractivity contribution is -0.157. The van der Waals surface area contributed by atoms with Gasteiger partial charge in [-0.3, -0.25) is 9.78 Å². The number of aryl methyl sites for hydroxylation is 1. The van der Waals surface area contributed by atoms with Gasteiger partial charge in [0, 0.05) is 48.4 Å². The van der Waals surface area contributed by atoms with Crippen molar-refractivity contribution in [3.63, 3.8) is 0 Å². The van der Waals surface area contributed by atoms with Crippen molar-refractivity contribution < 1.29 is 24.1 Å². The van der Waals surface area contributed by atoms with Crippen molar-refractivity contribution in [3.8, 4) is 11.5 Å². The number of carboxylic acid groups (broad SMARTS) is 1. The summed E-state index contributed by atoms with van der Waals surface area (Å²) in [5, 5.41) is 10.9. The summed E-state index contributed by atoms with van der Waals surface area (Å²) < 4.78 is 16.6. The van der Waals surface area contributed by atoms with Crippen LogP contribution in [0.5, 0.6) is 11.5 Å². The second-order valence-corrected chi connectivity index (χ2v) is 7.37. The number of pyridine rings is 1. The van der Waals surface area contributed by atoms with Crippen molar-refractivity contribution in [2.45, 2.75) is 13.3 Å². The Bertz CT molecular complexity index is 914. The fourth-order valence-electron chi connectivity index (χ4n) is 4.47. The number of hydrogen-bond donors (Lipinski definition) is 1. The van der Waals surface area contributed by atoms with Crippen molar-refractivity contribution in [2.75, 3.05) is 38.0 Å². The highest BCUT2D eigenvalue weighted by molar-refractivity contribution is 5.95. The molecule has 0 radical (unpaired) electrons. The Hall–Kier alpha value is -2.54. The van der Waals surface area contributed by atoms with Crippen LogP contribution < -0.4 is 14.4 Å². The molecule has 1 N–H and O–H groups in total. The maximum atomic E-state index is 12.1. The molecule has 0 amide bonds. The zero-order valence-corrected chi connectivity index (χ0v) is 14.5. The number of benzene rings is 1. The van der Waals surface area contributed by atoms with Gasteiger partial charge in [0.15, 0.2) is 11.5 Å². The maximum absolute atomic E-state index is 12.1. The van der Waals surface area contributed by atoms with Gasteiger partial charge in [0.25, 0.3) is 0 Å². The molecule has 0 unspecified atom stereocenters. The molecule has 2 fully saturated rings. The quantitative estimate of drug-likeness (QED) is 0.883. The van der Waals surface area contributed by atoms with E-state index in [1.807, 2.05) is 25.1 Å². The molecule has 0 spiro atoms. The van der Waals surface area contributed by atoms with E-state index in [1.54, 1.807) is 0 Å². The summed E-state index contributed by atoms with van der Waals surface area (Å²) in [6.45, 7) is 4.32. The van der Waals surface area contributed by atoms with E-state index in [9.17, 15) is 9.90 Å². The average molecular weight is 356 g/mol. The molecule has 2 aromatic rings. The molecule has 1 aromatic carbocycles. The van der Waals surface area contributed by atoms with Gasteiger partial charge in [-0.1, -0.05) is 0 Å². The molecule has 3 aliphatic rings. The maximum Gasteiger partial charge on any atom is 0.311 e. The normalized spacial score (nSPS) is 27.0. The van der Waals surface area contributed by atoms with Gasteiger partial charge >= 0.3 is 5.97 Å². The van der Waals surface area contributed by atoms with E-state index in [-0.39, 0.29) is 12.7 Å². The van der Waals surface area contributed by atoms with Gasteiger partial charge in [0.1, 0.15) is 0 Å². The number of fused-ring (bicyclic) bond motifs is 3. The first-order valence-corrected chi connectivity index (χ1v) is 8.84. The van der Waals surface area contributed by atoms with Gasteiger partial charge in [-0.2, -0.15) is 0 Å². The minimum absolute atomic E-state index is 0.00807. The average Bonchev–Trinajstić information content (AvgIpc) is 3.23. The summed E-state index contributed by atoms with van der Waals surface area (Å²) in [5.74, 6) is 0.677. The number of ether oxygens (including phenoxy) is 3. The Kier molecular flexibility index (Phi) is 3.31. The molecule has 4 heterocycles. The third-order valence-corrected chi connectivity index (χ3v) is 5.88. The summed E-state index contributed by atoms with van der Waals surface area (Å²) in [4.78, 5) is 18.9. The number of anilines is 1. The molecular formula is C19H20N2O5. The van der Waals surface area contributed by atoms with Crippen LogP contribution in [-0.4, -0.2) is 49.2 Å². The molecule has 26 heavy (non-hydrogen) atoms. The lowest BCUT2D eigenvalue weighted by Gasteiger charge is -2.34. The molecule has 2 atom stereocenters. The van der Waals surface area contributed by atoms with Gasteiger partial charge in [-0.15, -0.1) is 0 Å². The van der Waals surface area contributed by atoms with Crippen LogP contribution >= 0.6 is 0 Å². The number of nitrogens with zero attached hydrogens (tertiary/aromatic N) is 2. The highest BCUT2D eigenvalue weighted by Gasteiger charge is 2.54. The van der Waals surface area contributed by atoms with E-state index < -0.39 is 11.4 Å². The summed E-state index contributed by atoms with van der Waals surface area (Å²) in [7, 11) is 0. The van der Waals surface area contributed by atoms with E-state index in [0.717, 1.165) is 22.3 Å². The minimum Gasteiger partial charge on any atom is -0.481 e. The van der Waals surface area contributed by atoms with E-state index in [0.29, 0.717) is 44.2 Å². The van der Waals surface area contributed by atoms with Crippen molar-refractivity contribution in [1.82, 2.24) is 4.98 Å². The zero-order valence-electron chi connectivity index (χ0n) is 14.5. The van der Waals surface area contributed by atoms with Crippen molar-refractivity contribution in [1.29, 1.82) is 0 Å². The van der Waals surface area contributed by atoms with Gasteiger partial charge < -0.3 is 24.2 Å². The number of rotatable bonds is 2. The fraction of sp³-hybridized carbons (Fsp3) is 0.474. The Morgan fingerprint density at radius 1 is 1.31 bits per heavy atom. The topological polar surface area (TPSA) is 81.1 Å². The van der Waals surface area contributed by atoms with E-state index in [1.165, 1.54) is 0 Å². The number of aromatic nitrogens is 1. The van der Waals surface area contributed by atoms with E-state index in [2.05, 4.69) is 9.88 Å². The van der Waals surface area contributed by atoms with Gasteiger partial charge in [-0.05, 0) is 25.5 Å². The molecule has 0 saturated carbocycles. The molecule has 136 valence electrons. The zero-order chi connectivity index (χ0) is 17.9. The monoisotopic (exact) mass is 356 g/mol. The lowest BCUT2D eigenvalue weighted by Crippen LogP contribution is -2.44. The van der Waals surface area contributed by atoms with Crippen LogP contribution in [0.15, 0.2) is 18.2 Å². The van der Waals surface area contributed by atoms with Crippen LogP contribution in [0.25, 0.3) is 10.9 Å². The van der Waals surface area contributed by atoms with Crippen LogP contribution in [0.2, 0.25) is 0 Å². The molecule has 3 aliphatic heterocycles. The highest BCUT2D eigenvalue weighted by Crippen LogP contribution is 2.46. The van der Waals surface area contributed by atoms with Gasteiger partial charge in [0.2, 0.25) is 6.79 Å². The molecule has 7 heteroatoms. The minimum atomic E-state index is -0.738. The third-order valence-electron chi connectivity index (χ3n) is 5.88. The molecule has 5 rings (SSSR count). The van der Waals surface area contributed by atoms with Crippen LogP contribution in [-0.2, 0) is 9.53 Å². The largest absolute Gasteiger partial charge is 0.481 e. The van der Waals surface area contributed by atoms with Crippen LogP contribution in [0.4, 0.5) is 5.69 Å². The molecule has 1 aromatic heterocycles. The Morgan fingerprint density at radius 2 is 2.12 bits per heavy atom. The number of hydrogen-bond acceptors (Lipinski definition) is 6. The number of carbonyl (C=O) groups is 1. The molecule has 7 nitrogen and oxygen atoms in total. The molecule has 0 aliphatic carbocycles. The Balaban J connectivity index is 1.62. The van der Waals surface area contributed by atoms with Crippen LogP contribution in [0.3, 0.4) is 0 Å². The van der Waals surface area contributed by atoms with Crippen molar-refractivity contribution >= 4 is 22.6 Å². The SMILES string of the molecule is Cc1cc(N2C[C@@H]3COCC[C@]3(C(=O)O)C2)c2cc3c(cc2n1)OCO3. The first-order valence-electron chi connectivity index (χ1n) is 8.84. The smallest absolute Gasteiger partial charge is 0.311 e. The fourth-order valence-corrected chi connectivity index (χ4v) is 4.47. The standard InChI is InChI=1S/C19H20N2O5/c1-11-4-15(13-5-16-17(26-10-25-16)6-14(13)20-11)21-7-12-8-24-3-2-19(12,9-21)18(22)23/h4-6,12H,2-3,7-10H2,1H3,(H,22,23)/t12-,19+/m1/s1. The highest BCUT2D eigenvalue weighted by atomic mass is 16.7. The second kappa shape index (κ2) is 5.48. The van der Waals surface area contributed by atoms with Gasteiger partial charge in [-0.25, -0.2) is 0 Å². The summed E-state index contributed by atoms with van der Waals surface area (Å²) >= 11 is 0. The van der Waals surface area contributed by atoms with Crippen molar-refractivity contribution in [2.24, 2.45) is 11.3 Å². The lowest BCUT2D eigenvalue weighted by atomic mass is 9.74. The second-order valence-electron chi connectivity index (χ2n) is 7.37.